The monoisotopic (exact) mass is 432 g/mol. The number of thiophene rings is 1. The Kier molecular flexibility index (Phi) is 5.61. The summed E-state index contributed by atoms with van der Waals surface area (Å²) >= 11 is 8.77. The summed E-state index contributed by atoms with van der Waals surface area (Å²) in [5.74, 6) is 0.599. The Hall–Kier alpha value is -2.42. The maximum absolute atomic E-state index is 13.2. The molecule has 0 radical (unpaired) electrons. The van der Waals surface area contributed by atoms with Gasteiger partial charge >= 0.3 is 0 Å². The van der Waals surface area contributed by atoms with Crippen LogP contribution in [0.1, 0.15) is 16.6 Å². The molecular formula is C19H17ClN4O2S2. The minimum absolute atomic E-state index is 0.124. The van der Waals surface area contributed by atoms with Crippen LogP contribution < -0.4 is 9.64 Å². The quantitative estimate of drug-likeness (QED) is 0.414. The molecule has 0 saturated carbocycles. The van der Waals surface area contributed by atoms with Crippen molar-refractivity contribution in [3.8, 4) is 5.75 Å². The number of halogens is 1. The van der Waals surface area contributed by atoms with E-state index in [1.54, 1.807) is 27.9 Å². The summed E-state index contributed by atoms with van der Waals surface area (Å²) in [6.07, 6.45) is 3.59. The van der Waals surface area contributed by atoms with Crippen LogP contribution in [0.25, 0.3) is 10.2 Å². The van der Waals surface area contributed by atoms with Crippen molar-refractivity contribution >= 4 is 55.5 Å². The van der Waals surface area contributed by atoms with E-state index in [1.165, 1.54) is 22.7 Å². The molecule has 144 valence electrons. The van der Waals surface area contributed by atoms with E-state index in [9.17, 15) is 4.79 Å². The highest BCUT2D eigenvalue weighted by Gasteiger charge is 2.23. The maximum atomic E-state index is 13.2. The zero-order chi connectivity index (χ0) is 19.5. The number of hydrogen-bond acceptors (Lipinski definition) is 6. The summed E-state index contributed by atoms with van der Waals surface area (Å²) in [7, 11) is 0. The fourth-order valence-electron chi connectivity index (χ4n) is 2.78. The number of nitrogens with zero attached hydrogens (tertiary/aromatic N) is 4. The smallest absolute Gasteiger partial charge is 0.270 e. The van der Waals surface area contributed by atoms with Crippen LogP contribution in [0.2, 0.25) is 4.34 Å². The Morgan fingerprint density at radius 1 is 1.25 bits per heavy atom. The molecular weight excluding hydrogens is 416 g/mol. The minimum Gasteiger partial charge on any atom is -0.492 e. The molecule has 1 amide bonds. The number of anilines is 1. The highest BCUT2D eigenvalue weighted by atomic mass is 35.5. The van der Waals surface area contributed by atoms with Crippen molar-refractivity contribution < 1.29 is 9.53 Å². The van der Waals surface area contributed by atoms with Gasteiger partial charge in [0.15, 0.2) is 5.13 Å². The Morgan fingerprint density at radius 2 is 2.14 bits per heavy atom. The molecule has 4 rings (SSSR count). The van der Waals surface area contributed by atoms with Crippen LogP contribution in [-0.4, -0.2) is 33.8 Å². The van der Waals surface area contributed by atoms with Gasteiger partial charge in [-0.3, -0.25) is 14.4 Å². The minimum atomic E-state index is -0.124. The number of fused-ring (bicyclic) bond motifs is 1. The van der Waals surface area contributed by atoms with E-state index < -0.39 is 0 Å². The van der Waals surface area contributed by atoms with Gasteiger partial charge in [0.1, 0.15) is 11.3 Å². The topological polar surface area (TPSA) is 60.2 Å². The number of rotatable bonds is 7. The third kappa shape index (κ3) is 3.89. The van der Waals surface area contributed by atoms with Gasteiger partial charge in [-0.1, -0.05) is 29.0 Å². The number of ether oxygens (including phenoxy) is 1. The fraction of sp³-hybridized carbons (Fsp3) is 0.211. The number of benzene rings is 1. The molecule has 1 aromatic carbocycles. The molecule has 0 atom stereocenters. The average Bonchev–Trinajstić information content (AvgIpc) is 3.42. The molecule has 28 heavy (non-hydrogen) atoms. The summed E-state index contributed by atoms with van der Waals surface area (Å²) in [5, 5.41) is 4.85. The first-order valence-electron chi connectivity index (χ1n) is 8.72. The van der Waals surface area contributed by atoms with E-state index in [2.05, 4.69) is 5.10 Å². The zero-order valence-electron chi connectivity index (χ0n) is 15.0. The highest BCUT2D eigenvalue weighted by Crippen LogP contribution is 2.35. The second kappa shape index (κ2) is 8.30. The number of carbonyl (C=O) groups excluding carboxylic acids is 1. The molecule has 0 aliphatic rings. The Morgan fingerprint density at radius 3 is 2.86 bits per heavy atom. The number of para-hydroxylation sites is 1. The van der Waals surface area contributed by atoms with Gasteiger partial charge in [0, 0.05) is 18.9 Å². The van der Waals surface area contributed by atoms with E-state index in [0.717, 1.165) is 16.0 Å². The second-order valence-electron chi connectivity index (χ2n) is 5.86. The molecule has 0 fully saturated rings. The fourth-order valence-corrected chi connectivity index (χ4v) is 4.78. The van der Waals surface area contributed by atoms with E-state index in [4.69, 9.17) is 21.3 Å². The standard InChI is InChI=1S/C19H17ClN4O2S2/c1-2-26-13-5-3-6-14-17(13)22-19(28-14)24(12-11-23-10-4-9-21-23)18(25)15-7-8-16(20)27-15/h3-10H,2,11-12H2,1H3. The van der Waals surface area contributed by atoms with E-state index in [-0.39, 0.29) is 5.91 Å². The number of aromatic nitrogens is 3. The van der Waals surface area contributed by atoms with Crippen LogP contribution in [0.4, 0.5) is 5.13 Å². The van der Waals surface area contributed by atoms with Crippen molar-refractivity contribution in [2.45, 2.75) is 13.5 Å². The normalized spacial score (nSPS) is 11.1. The maximum Gasteiger partial charge on any atom is 0.270 e. The van der Waals surface area contributed by atoms with Gasteiger partial charge in [0.2, 0.25) is 0 Å². The summed E-state index contributed by atoms with van der Waals surface area (Å²) in [4.78, 5) is 20.2. The predicted octanol–water partition coefficient (Wildman–Crippen LogP) is 4.95. The summed E-state index contributed by atoms with van der Waals surface area (Å²) in [5.41, 5.74) is 0.769. The number of amides is 1. The van der Waals surface area contributed by atoms with Gasteiger partial charge in [-0.2, -0.15) is 5.10 Å². The highest BCUT2D eigenvalue weighted by molar-refractivity contribution is 7.22. The molecule has 4 aromatic rings. The van der Waals surface area contributed by atoms with Crippen LogP contribution in [0.15, 0.2) is 48.8 Å². The van der Waals surface area contributed by atoms with Crippen LogP contribution in [0, 0.1) is 0 Å². The van der Waals surface area contributed by atoms with Crippen molar-refractivity contribution in [3.63, 3.8) is 0 Å². The Balaban J connectivity index is 1.70. The lowest BCUT2D eigenvalue weighted by Gasteiger charge is -2.19. The number of carbonyl (C=O) groups is 1. The number of hydrogen-bond donors (Lipinski definition) is 0. The number of thiazole rings is 1. The molecule has 3 heterocycles. The lowest BCUT2D eigenvalue weighted by atomic mass is 10.3. The molecule has 0 aliphatic carbocycles. The van der Waals surface area contributed by atoms with Crippen molar-refractivity contribution in [1.82, 2.24) is 14.8 Å². The van der Waals surface area contributed by atoms with E-state index in [0.29, 0.717) is 34.0 Å². The van der Waals surface area contributed by atoms with Gasteiger partial charge in [-0.25, -0.2) is 4.98 Å². The van der Waals surface area contributed by atoms with Gasteiger partial charge in [-0.05, 0) is 37.3 Å². The van der Waals surface area contributed by atoms with Crippen LogP contribution in [0.5, 0.6) is 5.75 Å². The average molecular weight is 433 g/mol. The van der Waals surface area contributed by atoms with Crippen LogP contribution in [0.3, 0.4) is 0 Å². The van der Waals surface area contributed by atoms with Crippen molar-refractivity contribution in [1.29, 1.82) is 0 Å². The van der Waals surface area contributed by atoms with E-state index >= 15 is 0 Å². The molecule has 6 nitrogen and oxygen atoms in total. The molecule has 9 heteroatoms. The molecule has 0 bridgehead atoms. The predicted molar refractivity (Wildman–Crippen MR) is 114 cm³/mol. The Bertz CT molecular complexity index is 1090. The molecule has 3 aromatic heterocycles. The molecule has 0 unspecified atom stereocenters. The van der Waals surface area contributed by atoms with Gasteiger partial charge < -0.3 is 4.74 Å². The van der Waals surface area contributed by atoms with Crippen LogP contribution in [-0.2, 0) is 6.54 Å². The Labute approximate surface area is 174 Å². The van der Waals surface area contributed by atoms with E-state index in [1.807, 2.05) is 37.4 Å². The third-order valence-electron chi connectivity index (χ3n) is 4.04. The van der Waals surface area contributed by atoms with Gasteiger partial charge in [-0.15, -0.1) is 11.3 Å². The molecule has 0 aliphatic heterocycles. The summed E-state index contributed by atoms with van der Waals surface area (Å²) in [6, 6.07) is 11.1. The molecule has 0 N–H and O–H groups in total. The SMILES string of the molecule is CCOc1cccc2sc(N(CCn3cccn3)C(=O)c3ccc(Cl)s3)nc12. The lowest BCUT2D eigenvalue weighted by molar-refractivity contribution is 0.0989. The molecule has 0 spiro atoms. The van der Waals surface area contributed by atoms with Gasteiger partial charge in [0.25, 0.3) is 5.91 Å². The van der Waals surface area contributed by atoms with Crippen molar-refractivity contribution in [2.24, 2.45) is 0 Å². The summed E-state index contributed by atoms with van der Waals surface area (Å²) < 4.78 is 9.04. The molecule has 0 saturated heterocycles. The van der Waals surface area contributed by atoms with Gasteiger partial charge in [0.05, 0.1) is 27.1 Å². The van der Waals surface area contributed by atoms with Crippen LogP contribution >= 0.6 is 34.3 Å². The zero-order valence-corrected chi connectivity index (χ0v) is 17.4. The third-order valence-corrected chi connectivity index (χ3v) is 6.31. The largest absolute Gasteiger partial charge is 0.492 e. The first-order valence-corrected chi connectivity index (χ1v) is 10.7. The first kappa shape index (κ1) is 18.9. The second-order valence-corrected chi connectivity index (χ2v) is 8.59. The van der Waals surface area contributed by atoms with Crippen molar-refractivity contribution in [2.75, 3.05) is 18.1 Å². The first-order chi connectivity index (χ1) is 13.7. The lowest BCUT2D eigenvalue weighted by Crippen LogP contribution is -2.33. The van der Waals surface area contributed by atoms with Crippen molar-refractivity contribution in [3.05, 3.63) is 58.0 Å². The summed E-state index contributed by atoms with van der Waals surface area (Å²) in [6.45, 7) is 3.50.